The monoisotopic (exact) mass is 366 g/mol. The molecule has 0 aromatic heterocycles. The van der Waals surface area contributed by atoms with E-state index in [1.807, 2.05) is 12.1 Å². The van der Waals surface area contributed by atoms with E-state index in [1.165, 1.54) is 5.56 Å². The molecule has 1 aromatic carbocycles. The van der Waals surface area contributed by atoms with Gasteiger partial charge in [-0.3, -0.25) is 0 Å². The molecule has 0 bridgehead atoms. The van der Waals surface area contributed by atoms with Crippen molar-refractivity contribution in [3.8, 4) is 0 Å². The van der Waals surface area contributed by atoms with E-state index in [9.17, 15) is 0 Å². The Morgan fingerprint density at radius 1 is 1.44 bits per heavy atom. The molecule has 1 nitrogen and oxygen atoms in total. The van der Waals surface area contributed by atoms with E-state index in [2.05, 4.69) is 37.9 Å². The summed E-state index contributed by atoms with van der Waals surface area (Å²) in [5, 5.41) is 1.80. The van der Waals surface area contributed by atoms with Gasteiger partial charge in [-0.1, -0.05) is 49.5 Å². The molecule has 1 fully saturated rings. The highest BCUT2D eigenvalue weighted by Crippen LogP contribution is 2.36. The molecule has 4 heteroatoms. The van der Waals surface area contributed by atoms with Crippen molar-refractivity contribution in [3.05, 3.63) is 33.3 Å². The van der Waals surface area contributed by atoms with Gasteiger partial charge in [-0.15, -0.1) is 0 Å². The Bertz CT molecular complexity index is 375. The maximum absolute atomic E-state index is 6.24. The average molecular weight is 368 g/mol. The maximum atomic E-state index is 6.24. The minimum Gasteiger partial charge on any atom is -0.381 e. The molecule has 0 saturated carbocycles. The molecule has 1 aliphatic heterocycles. The SMILES string of the molecule is Clc1cc(Br)ccc1CC1(CBr)CCOC1. The van der Waals surface area contributed by atoms with Gasteiger partial charge in [-0.2, -0.15) is 0 Å². The average Bonchev–Trinajstić information content (AvgIpc) is 2.72. The van der Waals surface area contributed by atoms with Gasteiger partial charge in [0.15, 0.2) is 0 Å². The fourth-order valence-electron chi connectivity index (χ4n) is 2.01. The van der Waals surface area contributed by atoms with Crippen LogP contribution in [-0.2, 0) is 11.2 Å². The van der Waals surface area contributed by atoms with Crippen LogP contribution in [0.4, 0.5) is 0 Å². The quantitative estimate of drug-likeness (QED) is 0.717. The standard InChI is InChI=1S/C12H13Br2ClO/c13-7-12(3-4-16-8-12)6-9-1-2-10(14)5-11(9)15/h1-2,5H,3-4,6-8H2. The second kappa shape index (κ2) is 5.38. The molecule has 1 aromatic rings. The van der Waals surface area contributed by atoms with Gasteiger partial charge in [-0.05, 0) is 30.5 Å². The second-order valence-electron chi connectivity index (χ2n) is 4.35. The van der Waals surface area contributed by atoms with Crippen LogP contribution in [0.15, 0.2) is 22.7 Å². The highest BCUT2D eigenvalue weighted by Gasteiger charge is 2.34. The molecule has 0 N–H and O–H groups in total. The molecule has 2 rings (SSSR count). The van der Waals surface area contributed by atoms with Gasteiger partial charge >= 0.3 is 0 Å². The fourth-order valence-corrected chi connectivity index (χ4v) is 3.39. The van der Waals surface area contributed by atoms with Crippen LogP contribution in [0.25, 0.3) is 0 Å². The normalized spacial score (nSPS) is 24.9. The summed E-state index contributed by atoms with van der Waals surface area (Å²) in [7, 11) is 0. The summed E-state index contributed by atoms with van der Waals surface area (Å²) in [5.74, 6) is 0. The highest BCUT2D eigenvalue weighted by molar-refractivity contribution is 9.10. The predicted octanol–water partition coefficient (Wildman–Crippen LogP) is 4.45. The summed E-state index contributed by atoms with van der Waals surface area (Å²) in [5.41, 5.74) is 1.42. The Morgan fingerprint density at radius 2 is 2.25 bits per heavy atom. The number of rotatable bonds is 3. The molecule has 0 aliphatic carbocycles. The van der Waals surface area contributed by atoms with Crippen LogP contribution in [0, 0.1) is 5.41 Å². The first-order valence-corrected chi connectivity index (χ1v) is 7.52. The molecule has 88 valence electrons. The Labute approximate surface area is 118 Å². The first-order chi connectivity index (χ1) is 7.65. The van der Waals surface area contributed by atoms with E-state index < -0.39 is 0 Å². The largest absolute Gasteiger partial charge is 0.381 e. The molecule has 1 atom stereocenters. The lowest BCUT2D eigenvalue weighted by Crippen LogP contribution is -2.26. The van der Waals surface area contributed by atoms with Crippen molar-refractivity contribution >= 4 is 43.5 Å². The van der Waals surface area contributed by atoms with Crippen molar-refractivity contribution in [3.63, 3.8) is 0 Å². The van der Waals surface area contributed by atoms with Crippen LogP contribution in [0.2, 0.25) is 5.02 Å². The molecule has 1 saturated heterocycles. The van der Waals surface area contributed by atoms with E-state index in [1.54, 1.807) is 0 Å². The van der Waals surface area contributed by atoms with Crippen molar-refractivity contribution in [2.75, 3.05) is 18.5 Å². The number of hydrogen-bond donors (Lipinski definition) is 0. The van der Waals surface area contributed by atoms with Crippen molar-refractivity contribution in [2.24, 2.45) is 5.41 Å². The van der Waals surface area contributed by atoms with Crippen molar-refractivity contribution in [1.82, 2.24) is 0 Å². The van der Waals surface area contributed by atoms with Crippen LogP contribution >= 0.6 is 43.5 Å². The van der Waals surface area contributed by atoms with Crippen molar-refractivity contribution in [2.45, 2.75) is 12.8 Å². The van der Waals surface area contributed by atoms with Gasteiger partial charge < -0.3 is 4.74 Å². The minimum atomic E-state index is 0.220. The van der Waals surface area contributed by atoms with Crippen LogP contribution in [-0.4, -0.2) is 18.5 Å². The van der Waals surface area contributed by atoms with Gasteiger partial charge in [-0.25, -0.2) is 0 Å². The zero-order chi connectivity index (χ0) is 11.6. The third-order valence-electron chi connectivity index (χ3n) is 3.05. The molecule has 1 unspecified atom stereocenters. The number of alkyl halides is 1. The summed E-state index contributed by atoms with van der Waals surface area (Å²) < 4.78 is 6.53. The second-order valence-corrected chi connectivity index (χ2v) is 6.23. The maximum Gasteiger partial charge on any atom is 0.0534 e. The summed E-state index contributed by atoms with van der Waals surface area (Å²) in [4.78, 5) is 0. The van der Waals surface area contributed by atoms with Crippen molar-refractivity contribution in [1.29, 1.82) is 0 Å². The lowest BCUT2D eigenvalue weighted by molar-refractivity contribution is 0.162. The zero-order valence-electron chi connectivity index (χ0n) is 8.81. The van der Waals surface area contributed by atoms with Gasteiger partial charge in [0.1, 0.15) is 0 Å². The third kappa shape index (κ3) is 2.81. The molecule has 0 amide bonds. The lowest BCUT2D eigenvalue weighted by atomic mass is 9.83. The first-order valence-electron chi connectivity index (χ1n) is 5.23. The first kappa shape index (κ1) is 12.9. The highest BCUT2D eigenvalue weighted by atomic mass is 79.9. The zero-order valence-corrected chi connectivity index (χ0v) is 12.7. The molecular weight excluding hydrogens is 355 g/mol. The van der Waals surface area contributed by atoms with Crippen molar-refractivity contribution < 1.29 is 4.74 Å². The minimum absolute atomic E-state index is 0.220. The number of halogens is 3. The van der Waals surface area contributed by atoms with E-state index in [4.69, 9.17) is 16.3 Å². The summed E-state index contributed by atoms with van der Waals surface area (Å²) >= 11 is 13.3. The van der Waals surface area contributed by atoms with Gasteiger partial charge in [0.05, 0.1) is 6.61 Å². The lowest BCUT2D eigenvalue weighted by Gasteiger charge is -2.25. The van der Waals surface area contributed by atoms with Gasteiger partial charge in [0.25, 0.3) is 0 Å². The molecular formula is C12H13Br2ClO. The Kier molecular flexibility index (Phi) is 4.33. The molecule has 0 radical (unpaired) electrons. The van der Waals surface area contributed by atoms with E-state index in [-0.39, 0.29) is 5.41 Å². The Morgan fingerprint density at radius 3 is 2.81 bits per heavy atom. The van der Waals surface area contributed by atoms with Gasteiger partial charge in [0, 0.05) is 26.8 Å². The summed E-state index contributed by atoms with van der Waals surface area (Å²) in [6.45, 7) is 1.68. The van der Waals surface area contributed by atoms with Crippen LogP contribution < -0.4 is 0 Å². The third-order valence-corrected chi connectivity index (χ3v) is 5.08. The fraction of sp³-hybridized carbons (Fsp3) is 0.500. The molecule has 1 heterocycles. The summed E-state index contributed by atoms with van der Waals surface area (Å²) in [6, 6.07) is 6.09. The van der Waals surface area contributed by atoms with E-state index in [0.29, 0.717) is 0 Å². The van der Waals surface area contributed by atoms with E-state index >= 15 is 0 Å². The number of ether oxygens (including phenoxy) is 1. The molecule has 16 heavy (non-hydrogen) atoms. The number of hydrogen-bond acceptors (Lipinski definition) is 1. The van der Waals surface area contributed by atoms with Gasteiger partial charge in [0.2, 0.25) is 0 Å². The van der Waals surface area contributed by atoms with Crippen LogP contribution in [0.1, 0.15) is 12.0 Å². The predicted molar refractivity (Wildman–Crippen MR) is 74.5 cm³/mol. The Hall–Kier alpha value is 0.430. The Balaban J connectivity index is 2.19. The molecule has 0 spiro atoms. The number of benzene rings is 1. The van der Waals surface area contributed by atoms with Crippen LogP contribution in [0.5, 0.6) is 0 Å². The van der Waals surface area contributed by atoms with Crippen LogP contribution in [0.3, 0.4) is 0 Å². The smallest absolute Gasteiger partial charge is 0.0534 e. The summed E-state index contributed by atoms with van der Waals surface area (Å²) in [6.07, 6.45) is 2.08. The molecule has 1 aliphatic rings. The van der Waals surface area contributed by atoms with E-state index in [0.717, 1.165) is 40.9 Å². The topological polar surface area (TPSA) is 9.23 Å².